The number of sulfone groups is 1. The summed E-state index contributed by atoms with van der Waals surface area (Å²) in [4.78, 5) is 0. The van der Waals surface area contributed by atoms with Gasteiger partial charge >= 0.3 is 0 Å². The predicted octanol–water partition coefficient (Wildman–Crippen LogP) is 1.75. The van der Waals surface area contributed by atoms with Crippen molar-refractivity contribution in [1.82, 2.24) is 5.32 Å². The van der Waals surface area contributed by atoms with E-state index in [9.17, 15) is 8.42 Å². The third-order valence-corrected chi connectivity index (χ3v) is 5.72. The molecule has 0 aromatic heterocycles. The maximum atomic E-state index is 12.0. The van der Waals surface area contributed by atoms with E-state index in [0.29, 0.717) is 12.3 Å². The summed E-state index contributed by atoms with van der Waals surface area (Å²) in [5, 5.41) is 2.92. The van der Waals surface area contributed by atoms with Crippen LogP contribution in [0.25, 0.3) is 0 Å². The molecule has 2 unspecified atom stereocenters. The first kappa shape index (κ1) is 15.9. The highest BCUT2D eigenvalue weighted by molar-refractivity contribution is 7.92. The number of nitrogens with one attached hydrogen (secondary N) is 1. The van der Waals surface area contributed by atoms with Gasteiger partial charge in [-0.3, -0.25) is 0 Å². The standard InChI is InChI=1S/C13H27NO3S/c1-3-4-5-9-18(15,16)12(2)10-14-11-13-7-6-8-17-13/h12-14H,3-11H2,1-2H3. The highest BCUT2D eigenvalue weighted by Crippen LogP contribution is 2.11. The third kappa shape index (κ3) is 5.67. The lowest BCUT2D eigenvalue weighted by Crippen LogP contribution is -2.36. The van der Waals surface area contributed by atoms with Gasteiger partial charge in [-0.1, -0.05) is 19.8 Å². The van der Waals surface area contributed by atoms with Crippen LogP contribution in [0.1, 0.15) is 46.0 Å². The van der Waals surface area contributed by atoms with Gasteiger partial charge in [-0.2, -0.15) is 0 Å². The summed E-state index contributed by atoms with van der Waals surface area (Å²) in [6.45, 7) is 6.03. The Hall–Kier alpha value is -0.130. The molecule has 5 heteroatoms. The van der Waals surface area contributed by atoms with Crippen LogP contribution in [0.3, 0.4) is 0 Å². The van der Waals surface area contributed by atoms with Crippen molar-refractivity contribution in [3.63, 3.8) is 0 Å². The van der Waals surface area contributed by atoms with E-state index in [4.69, 9.17) is 4.74 Å². The first-order chi connectivity index (χ1) is 8.56. The third-order valence-electron chi connectivity index (χ3n) is 3.47. The number of ether oxygens (including phenoxy) is 1. The molecule has 0 aliphatic carbocycles. The van der Waals surface area contributed by atoms with Crippen LogP contribution in [0.15, 0.2) is 0 Å². The normalized spacial score (nSPS) is 22.2. The van der Waals surface area contributed by atoms with Crippen LogP contribution in [0.5, 0.6) is 0 Å². The molecule has 0 saturated carbocycles. The fourth-order valence-corrected chi connectivity index (χ4v) is 3.51. The molecule has 0 aromatic rings. The van der Waals surface area contributed by atoms with Crippen molar-refractivity contribution in [3.05, 3.63) is 0 Å². The van der Waals surface area contributed by atoms with Crippen molar-refractivity contribution in [1.29, 1.82) is 0 Å². The first-order valence-electron chi connectivity index (χ1n) is 7.10. The Morgan fingerprint density at radius 2 is 2.17 bits per heavy atom. The monoisotopic (exact) mass is 277 g/mol. The van der Waals surface area contributed by atoms with Crippen molar-refractivity contribution in [2.45, 2.75) is 57.3 Å². The lowest BCUT2D eigenvalue weighted by atomic mass is 10.2. The van der Waals surface area contributed by atoms with Crippen molar-refractivity contribution >= 4 is 9.84 Å². The summed E-state index contributed by atoms with van der Waals surface area (Å²) in [5.41, 5.74) is 0. The van der Waals surface area contributed by atoms with Crippen LogP contribution in [-0.2, 0) is 14.6 Å². The second-order valence-electron chi connectivity index (χ2n) is 5.18. The molecule has 0 amide bonds. The highest BCUT2D eigenvalue weighted by Gasteiger charge is 2.21. The Labute approximate surface area is 111 Å². The molecule has 108 valence electrons. The first-order valence-corrected chi connectivity index (χ1v) is 8.81. The van der Waals surface area contributed by atoms with Gasteiger partial charge in [-0.15, -0.1) is 0 Å². The fourth-order valence-electron chi connectivity index (χ4n) is 2.13. The fraction of sp³-hybridized carbons (Fsp3) is 1.00. The average Bonchev–Trinajstić information content (AvgIpc) is 2.82. The summed E-state index contributed by atoms with van der Waals surface area (Å²) >= 11 is 0. The van der Waals surface area contributed by atoms with E-state index in [1.54, 1.807) is 6.92 Å². The molecule has 1 rings (SSSR count). The van der Waals surface area contributed by atoms with Gasteiger partial charge in [-0.05, 0) is 26.2 Å². The van der Waals surface area contributed by atoms with Crippen molar-refractivity contribution in [2.24, 2.45) is 0 Å². The lowest BCUT2D eigenvalue weighted by Gasteiger charge is -2.15. The Balaban J connectivity index is 2.19. The molecule has 1 heterocycles. The number of hydrogen-bond donors (Lipinski definition) is 1. The van der Waals surface area contributed by atoms with Gasteiger partial charge in [0, 0.05) is 19.7 Å². The Morgan fingerprint density at radius 3 is 2.78 bits per heavy atom. The molecule has 0 aromatic carbocycles. The molecule has 1 N–H and O–H groups in total. The molecule has 1 aliphatic rings. The molecule has 18 heavy (non-hydrogen) atoms. The van der Waals surface area contributed by atoms with E-state index in [2.05, 4.69) is 12.2 Å². The van der Waals surface area contributed by atoms with Crippen LogP contribution < -0.4 is 5.32 Å². The highest BCUT2D eigenvalue weighted by atomic mass is 32.2. The molecular weight excluding hydrogens is 250 g/mol. The van der Waals surface area contributed by atoms with Gasteiger partial charge in [0.25, 0.3) is 0 Å². The van der Waals surface area contributed by atoms with Gasteiger partial charge in [-0.25, -0.2) is 8.42 Å². The topological polar surface area (TPSA) is 55.4 Å². The van der Waals surface area contributed by atoms with E-state index in [1.807, 2.05) is 0 Å². The summed E-state index contributed by atoms with van der Waals surface area (Å²) in [5.74, 6) is 0.323. The number of hydrogen-bond acceptors (Lipinski definition) is 4. The van der Waals surface area contributed by atoms with E-state index in [1.165, 1.54) is 0 Å². The zero-order valence-electron chi connectivity index (χ0n) is 11.7. The molecule has 0 spiro atoms. The minimum atomic E-state index is -2.93. The maximum Gasteiger partial charge on any atom is 0.154 e. The largest absolute Gasteiger partial charge is 0.377 e. The number of rotatable bonds is 9. The summed E-state index contributed by atoms with van der Waals surface area (Å²) < 4.78 is 29.4. The van der Waals surface area contributed by atoms with E-state index in [-0.39, 0.29) is 11.4 Å². The van der Waals surface area contributed by atoms with Gasteiger partial charge in [0.1, 0.15) is 0 Å². The van der Waals surface area contributed by atoms with Crippen LogP contribution >= 0.6 is 0 Å². The van der Waals surface area contributed by atoms with E-state index < -0.39 is 9.84 Å². The number of unbranched alkanes of at least 4 members (excludes halogenated alkanes) is 2. The van der Waals surface area contributed by atoms with Crippen LogP contribution in [0, 0.1) is 0 Å². The average molecular weight is 277 g/mol. The van der Waals surface area contributed by atoms with Crippen LogP contribution in [-0.4, -0.2) is 45.2 Å². The molecular formula is C13H27NO3S. The quantitative estimate of drug-likeness (QED) is 0.652. The molecule has 0 bridgehead atoms. The minimum Gasteiger partial charge on any atom is -0.377 e. The molecule has 1 saturated heterocycles. The Morgan fingerprint density at radius 1 is 1.39 bits per heavy atom. The summed E-state index contributed by atoms with van der Waals surface area (Å²) in [7, 11) is -2.93. The molecule has 1 aliphatic heterocycles. The van der Waals surface area contributed by atoms with Gasteiger partial charge in [0.2, 0.25) is 0 Å². The van der Waals surface area contributed by atoms with Crippen molar-refractivity contribution in [3.8, 4) is 0 Å². The van der Waals surface area contributed by atoms with Crippen LogP contribution in [0.4, 0.5) is 0 Å². The predicted molar refractivity (Wildman–Crippen MR) is 74.6 cm³/mol. The second-order valence-corrected chi connectivity index (χ2v) is 7.72. The van der Waals surface area contributed by atoms with Crippen molar-refractivity contribution < 1.29 is 13.2 Å². The molecule has 4 nitrogen and oxygen atoms in total. The summed E-state index contributed by atoms with van der Waals surface area (Å²) in [6, 6.07) is 0. The van der Waals surface area contributed by atoms with Crippen molar-refractivity contribution in [2.75, 3.05) is 25.4 Å². The molecule has 0 radical (unpaired) electrons. The van der Waals surface area contributed by atoms with E-state index in [0.717, 1.165) is 45.3 Å². The summed E-state index contributed by atoms with van der Waals surface area (Å²) in [6.07, 6.45) is 5.33. The lowest BCUT2D eigenvalue weighted by molar-refractivity contribution is 0.110. The zero-order valence-corrected chi connectivity index (χ0v) is 12.5. The van der Waals surface area contributed by atoms with Gasteiger partial charge < -0.3 is 10.1 Å². The van der Waals surface area contributed by atoms with Gasteiger partial charge in [0.05, 0.1) is 17.1 Å². The second kappa shape index (κ2) is 8.12. The van der Waals surface area contributed by atoms with Crippen LogP contribution in [0.2, 0.25) is 0 Å². The molecule has 1 fully saturated rings. The Kier molecular flexibility index (Phi) is 7.19. The SMILES string of the molecule is CCCCCS(=O)(=O)C(C)CNCC1CCCO1. The van der Waals surface area contributed by atoms with Gasteiger partial charge in [0.15, 0.2) is 9.84 Å². The smallest absolute Gasteiger partial charge is 0.154 e. The molecule has 2 atom stereocenters. The zero-order chi connectivity index (χ0) is 13.4. The van der Waals surface area contributed by atoms with E-state index >= 15 is 0 Å². The minimum absolute atomic E-state index is 0.278. The maximum absolute atomic E-state index is 12.0. The Bertz CT molecular complexity index is 310.